The first-order chi connectivity index (χ1) is 13.3. The lowest BCUT2D eigenvalue weighted by molar-refractivity contribution is -0.138. The average molecular weight is 388 g/mol. The second-order valence-electron chi connectivity index (χ2n) is 7.00. The molecule has 1 unspecified atom stereocenters. The van der Waals surface area contributed by atoms with E-state index in [9.17, 15) is 18.3 Å². The maximum atomic E-state index is 13.3. The molecule has 0 radical (unpaired) electrons. The number of anilines is 1. The molecule has 2 aromatic carbocycles. The zero-order valence-electron chi connectivity index (χ0n) is 15.1. The summed E-state index contributed by atoms with van der Waals surface area (Å²) in [6, 6.07) is 11.4. The van der Waals surface area contributed by atoms with Crippen molar-refractivity contribution in [1.82, 2.24) is 4.98 Å². The number of aliphatic hydroxyl groups is 1. The third kappa shape index (κ3) is 3.38. The summed E-state index contributed by atoms with van der Waals surface area (Å²) in [5, 5.41) is 10.7. The van der Waals surface area contributed by atoms with Crippen LogP contribution < -0.4 is 4.90 Å². The van der Waals surface area contributed by atoms with E-state index in [2.05, 4.69) is 4.98 Å². The van der Waals surface area contributed by atoms with Crippen LogP contribution in [0.25, 0.3) is 0 Å². The van der Waals surface area contributed by atoms with Crippen LogP contribution >= 0.6 is 0 Å². The lowest BCUT2D eigenvalue weighted by Gasteiger charge is -2.24. The first-order valence-electron chi connectivity index (χ1n) is 8.96. The molecule has 0 saturated carbocycles. The number of aromatic nitrogens is 1. The third-order valence-corrected chi connectivity index (χ3v) is 5.15. The summed E-state index contributed by atoms with van der Waals surface area (Å²) in [6.07, 6.45) is -1.84. The lowest BCUT2D eigenvalue weighted by atomic mass is 9.97. The Hall–Kier alpha value is -2.80. The number of fused-ring (bicyclic) bond motifs is 1. The van der Waals surface area contributed by atoms with E-state index >= 15 is 0 Å². The van der Waals surface area contributed by atoms with Gasteiger partial charge in [0.05, 0.1) is 11.8 Å². The van der Waals surface area contributed by atoms with Gasteiger partial charge in [-0.15, -0.1) is 0 Å². The van der Waals surface area contributed by atoms with Crippen molar-refractivity contribution in [2.24, 2.45) is 0 Å². The van der Waals surface area contributed by atoms with Crippen molar-refractivity contribution < 1.29 is 22.7 Å². The largest absolute Gasteiger partial charge is 0.449 e. The molecule has 4 nitrogen and oxygen atoms in total. The van der Waals surface area contributed by atoms with E-state index in [4.69, 9.17) is 4.42 Å². The Bertz CT molecular complexity index is 970. The van der Waals surface area contributed by atoms with E-state index < -0.39 is 18.0 Å². The molecule has 0 saturated heterocycles. The van der Waals surface area contributed by atoms with Gasteiger partial charge >= 0.3 is 6.18 Å². The SMILES string of the molecule is C[C@H](Cc1ncco1)c1cccc(N2Cc3c(cccc3C(F)(F)F)C2O)c1. The molecule has 0 amide bonds. The molecule has 4 rings (SSSR count). The van der Waals surface area contributed by atoms with Crippen LogP contribution in [0.2, 0.25) is 0 Å². The molecule has 0 bridgehead atoms. The highest BCUT2D eigenvalue weighted by atomic mass is 19.4. The van der Waals surface area contributed by atoms with Gasteiger partial charge in [-0.25, -0.2) is 4.98 Å². The Balaban J connectivity index is 1.62. The summed E-state index contributed by atoms with van der Waals surface area (Å²) in [4.78, 5) is 5.71. The van der Waals surface area contributed by atoms with Crippen LogP contribution in [0.4, 0.5) is 18.9 Å². The molecule has 1 N–H and O–H groups in total. The fourth-order valence-electron chi connectivity index (χ4n) is 3.69. The molecular formula is C21H19F3N2O2. The van der Waals surface area contributed by atoms with Crippen LogP contribution in [0.1, 0.15) is 47.2 Å². The predicted molar refractivity (Wildman–Crippen MR) is 97.7 cm³/mol. The standard InChI is InChI=1S/C21H19F3N2O2/c1-13(10-19-25-8-9-28-19)14-4-2-5-15(11-14)26-12-17-16(20(26)27)6-3-7-18(17)21(22,23)24/h2-9,11,13,20,27H,10,12H2,1H3/t13-,20?/m1/s1. The summed E-state index contributed by atoms with van der Waals surface area (Å²) in [5.41, 5.74) is 1.40. The van der Waals surface area contributed by atoms with Gasteiger partial charge in [0, 0.05) is 24.2 Å². The highest BCUT2D eigenvalue weighted by Gasteiger charge is 2.39. The van der Waals surface area contributed by atoms with Crippen molar-refractivity contribution in [1.29, 1.82) is 0 Å². The molecule has 0 aliphatic carbocycles. The Kier molecular flexibility index (Phi) is 4.63. The molecule has 0 fully saturated rings. The lowest BCUT2D eigenvalue weighted by Crippen LogP contribution is -2.21. The van der Waals surface area contributed by atoms with Gasteiger partial charge in [0.15, 0.2) is 12.1 Å². The number of nitrogens with zero attached hydrogens (tertiary/aromatic N) is 2. The van der Waals surface area contributed by atoms with Crippen LogP contribution in [0, 0.1) is 0 Å². The van der Waals surface area contributed by atoms with Gasteiger partial charge in [-0.05, 0) is 35.2 Å². The summed E-state index contributed by atoms with van der Waals surface area (Å²) < 4.78 is 45.3. The normalized spacial score (nSPS) is 17.6. The van der Waals surface area contributed by atoms with E-state index in [1.54, 1.807) is 23.2 Å². The van der Waals surface area contributed by atoms with Crippen molar-refractivity contribution in [3.05, 3.63) is 83.1 Å². The Morgan fingerprint density at radius 3 is 2.75 bits per heavy atom. The zero-order chi connectivity index (χ0) is 19.9. The second-order valence-corrected chi connectivity index (χ2v) is 7.00. The molecule has 1 aliphatic rings. The van der Waals surface area contributed by atoms with Gasteiger partial charge in [-0.3, -0.25) is 0 Å². The summed E-state index contributed by atoms with van der Waals surface area (Å²) in [5.74, 6) is 0.729. The van der Waals surface area contributed by atoms with Gasteiger partial charge in [-0.2, -0.15) is 13.2 Å². The number of halogens is 3. The number of benzene rings is 2. The quantitative estimate of drug-likeness (QED) is 0.680. The monoisotopic (exact) mass is 388 g/mol. The number of oxazole rings is 1. The maximum Gasteiger partial charge on any atom is 0.416 e. The maximum absolute atomic E-state index is 13.3. The molecule has 146 valence electrons. The first kappa shape index (κ1) is 18.6. The third-order valence-electron chi connectivity index (χ3n) is 5.15. The Morgan fingerprint density at radius 1 is 1.25 bits per heavy atom. The number of hydrogen-bond acceptors (Lipinski definition) is 4. The Morgan fingerprint density at radius 2 is 2.04 bits per heavy atom. The van der Waals surface area contributed by atoms with Gasteiger partial charge < -0.3 is 14.4 Å². The zero-order valence-corrected chi connectivity index (χ0v) is 15.1. The molecule has 28 heavy (non-hydrogen) atoms. The predicted octanol–water partition coefficient (Wildman–Crippen LogP) is 5.05. The van der Waals surface area contributed by atoms with E-state index in [0.717, 1.165) is 11.6 Å². The van der Waals surface area contributed by atoms with E-state index in [1.165, 1.54) is 12.3 Å². The second kappa shape index (κ2) is 6.98. The minimum atomic E-state index is -4.45. The molecule has 1 aromatic heterocycles. The molecule has 3 aromatic rings. The van der Waals surface area contributed by atoms with E-state index in [1.807, 2.05) is 25.1 Å². The fourth-order valence-corrected chi connectivity index (χ4v) is 3.69. The molecular weight excluding hydrogens is 369 g/mol. The average Bonchev–Trinajstić information content (AvgIpc) is 3.29. The molecule has 0 spiro atoms. The van der Waals surface area contributed by atoms with Gasteiger partial charge in [0.1, 0.15) is 6.26 Å². The van der Waals surface area contributed by atoms with Crippen molar-refractivity contribution in [2.45, 2.75) is 38.2 Å². The topological polar surface area (TPSA) is 49.5 Å². The number of rotatable bonds is 4. The van der Waals surface area contributed by atoms with Crippen LogP contribution in [-0.2, 0) is 19.1 Å². The minimum Gasteiger partial charge on any atom is -0.449 e. The van der Waals surface area contributed by atoms with Crippen molar-refractivity contribution >= 4 is 5.69 Å². The highest BCUT2D eigenvalue weighted by molar-refractivity contribution is 5.57. The smallest absolute Gasteiger partial charge is 0.416 e. The Labute approximate surface area is 160 Å². The van der Waals surface area contributed by atoms with Crippen molar-refractivity contribution in [3.63, 3.8) is 0 Å². The number of hydrogen-bond donors (Lipinski definition) is 1. The van der Waals surface area contributed by atoms with E-state index in [0.29, 0.717) is 23.6 Å². The van der Waals surface area contributed by atoms with Crippen LogP contribution in [-0.4, -0.2) is 10.1 Å². The summed E-state index contributed by atoms with van der Waals surface area (Å²) in [6.45, 7) is 2.03. The summed E-state index contributed by atoms with van der Waals surface area (Å²) in [7, 11) is 0. The van der Waals surface area contributed by atoms with Gasteiger partial charge in [0.2, 0.25) is 0 Å². The minimum absolute atomic E-state index is 0.00373. The number of alkyl halides is 3. The van der Waals surface area contributed by atoms with Crippen LogP contribution in [0.3, 0.4) is 0 Å². The molecule has 7 heteroatoms. The van der Waals surface area contributed by atoms with Crippen molar-refractivity contribution in [3.8, 4) is 0 Å². The molecule has 2 atom stereocenters. The fraction of sp³-hybridized carbons (Fsp3) is 0.286. The first-order valence-corrected chi connectivity index (χ1v) is 8.96. The van der Waals surface area contributed by atoms with E-state index in [-0.39, 0.29) is 18.0 Å². The van der Waals surface area contributed by atoms with Crippen LogP contribution in [0.15, 0.2) is 59.3 Å². The molecule has 1 aliphatic heterocycles. The van der Waals surface area contributed by atoms with Crippen molar-refractivity contribution in [2.75, 3.05) is 4.90 Å². The van der Waals surface area contributed by atoms with Crippen LogP contribution in [0.5, 0.6) is 0 Å². The number of aliphatic hydroxyl groups excluding tert-OH is 1. The highest BCUT2D eigenvalue weighted by Crippen LogP contribution is 2.42. The van der Waals surface area contributed by atoms with Gasteiger partial charge in [-0.1, -0.05) is 31.2 Å². The van der Waals surface area contributed by atoms with Gasteiger partial charge in [0.25, 0.3) is 0 Å². The molecule has 2 heterocycles. The summed E-state index contributed by atoms with van der Waals surface area (Å²) >= 11 is 0.